The number of hydrogen-bond donors (Lipinski definition) is 2. The van der Waals surface area contributed by atoms with E-state index in [1.165, 1.54) is 0 Å². The van der Waals surface area contributed by atoms with Crippen molar-refractivity contribution in [2.24, 2.45) is 0 Å². The first-order valence-corrected chi connectivity index (χ1v) is 6.17. The molecule has 2 aromatic carbocycles. The summed E-state index contributed by atoms with van der Waals surface area (Å²) in [5, 5.41) is 2.59. The van der Waals surface area contributed by atoms with Crippen LogP contribution in [-0.2, 0) is 6.54 Å². The molecule has 4 nitrogen and oxygen atoms in total. The highest BCUT2D eigenvalue weighted by molar-refractivity contribution is 5.99. The van der Waals surface area contributed by atoms with Gasteiger partial charge >= 0.3 is 0 Å². The molecule has 0 aliphatic heterocycles. The molecule has 0 unspecified atom stereocenters. The van der Waals surface area contributed by atoms with Crippen LogP contribution in [0.3, 0.4) is 0 Å². The molecule has 0 spiro atoms. The van der Waals surface area contributed by atoms with Crippen molar-refractivity contribution in [2.75, 3.05) is 12.8 Å². The van der Waals surface area contributed by atoms with Crippen molar-refractivity contribution in [3.63, 3.8) is 0 Å². The Morgan fingerprint density at radius 2 is 1.95 bits per heavy atom. The van der Waals surface area contributed by atoms with Crippen LogP contribution in [-0.4, -0.2) is 13.0 Å². The number of methoxy groups -OCH3 is 1. The minimum absolute atomic E-state index is 0.100. The molecule has 3 N–H and O–H groups in total. The number of hydrogen-bond acceptors (Lipinski definition) is 3. The summed E-state index contributed by atoms with van der Waals surface area (Å²) in [5.74, 6) is -2.11. The summed E-state index contributed by atoms with van der Waals surface area (Å²) in [4.78, 5) is 11.9. The number of amides is 1. The Hall–Kier alpha value is -2.63. The first-order valence-electron chi connectivity index (χ1n) is 6.17. The van der Waals surface area contributed by atoms with E-state index in [4.69, 9.17) is 10.5 Å². The molecule has 0 fully saturated rings. The number of rotatable bonds is 4. The van der Waals surface area contributed by atoms with Gasteiger partial charge in [-0.25, -0.2) is 8.78 Å². The average Bonchev–Trinajstić information content (AvgIpc) is 2.48. The Bertz CT molecular complexity index is 675. The summed E-state index contributed by atoms with van der Waals surface area (Å²) >= 11 is 0. The fourth-order valence-corrected chi connectivity index (χ4v) is 1.82. The molecule has 0 aromatic heterocycles. The predicted molar refractivity (Wildman–Crippen MR) is 74.9 cm³/mol. The van der Waals surface area contributed by atoms with Gasteiger partial charge in [-0.15, -0.1) is 0 Å². The van der Waals surface area contributed by atoms with Gasteiger partial charge in [0.1, 0.15) is 5.75 Å². The van der Waals surface area contributed by atoms with E-state index in [0.717, 1.165) is 17.7 Å². The summed E-state index contributed by atoms with van der Waals surface area (Å²) in [5.41, 5.74) is 6.11. The minimum atomic E-state index is -1.12. The van der Waals surface area contributed by atoms with Crippen LogP contribution in [0.5, 0.6) is 5.75 Å². The van der Waals surface area contributed by atoms with E-state index >= 15 is 0 Å². The maximum Gasteiger partial charge on any atom is 0.253 e. The van der Waals surface area contributed by atoms with Gasteiger partial charge in [-0.1, -0.05) is 12.1 Å². The molecule has 0 radical (unpaired) electrons. The van der Waals surface area contributed by atoms with E-state index in [2.05, 4.69) is 5.32 Å². The molecule has 21 heavy (non-hydrogen) atoms. The molecule has 0 atom stereocenters. The topological polar surface area (TPSA) is 64.3 Å². The zero-order chi connectivity index (χ0) is 15.4. The molecule has 0 saturated heterocycles. The number of nitrogens with two attached hydrogens (primary N) is 1. The third kappa shape index (κ3) is 3.47. The highest BCUT2D eigenvalue weighted by atomic mass is 19.2. The minimum Gasteiger partial charge on any atom is -0.497 e. The molecule has 110 valence electrons. The molecule has 0 saturated carbocycles. The maximum atomic E-state index is 13.2. The van der Waals surface area contributed by atoms with Crippen LogP contribution >= 0.6 is 0 Å². The molecule has 2 aromatic rings. The Balaban J connectivity index is 2.10. The van der Waals surface area contributed by atoms with Crippen molar-refractivity contribution in [1.82, 2.24) is 5.32 Å². The molecule has 1 amide bonds. The van der Waals surface area contributed by atoms with Crippen molar-refractivity contribution in [3.05, 3.63) is 59.2 Å². The van der Waals surface area contributed by atoms with Crippen LogP contribution in [0.25, 0.3) is 0 Å². The van der Waals surface area contributed by atoms with Crippen LogP contribution in [0.2, 0.25) is 0 Å². The van der Waals surface area contributed by atoms with Crippen molar-refractivity contribution in [2.45, 2.75) is 6.54 Å². The average molecular weight is 292 g/mol. The van der Waals surface area contributed by atoms with Crippen LogP contribution in [0.1, 0.15) is 15.9 Å². The monoisotopic (exact) mass is 292 g/mol. The lowest BCUT2D eigenvalue weighted by atomic mass is 10.1. The molecule has 0 heterocycles. The maximum absolute atomic E-state index is 13.2. The summed E-state index contributed by atoms with van der Waals surface area (Å²) in [6, 6.07) is 8.69. The fourth-order valence-electron chi connectivity index (χ4n) is 1.82. The first-order chi connectivity index (χ1) is 10.0. The third-order valence-electron chi connectivity index (χ3n) is 2.92. The van der Waals surface area contributed by atoms with Gasteiger partial charge in [-0.2, -0.15) is 0 Å². The second-order valence-electron chi connectivity index (χ2n) is 4.39. The van der Waals surface area contributed by atoms with Gasteiger partial charge in [0.15, 0.2) is 11.6 Å². The molecule has 0 bridgehead atoms. The number of nitrogens with one attached hydrogen (secondary N) is 1. The number of ether oxygens (including phenoxy) is 1. The molecular formula is C15H14F2N2O2. The van der Waals surface area contributed by atoms with Crippen molar-refractivity contribution >= 4 is 11.6 Å². The predicted octanol–water partition coefficient (Wildman–Crippen LogP) is 2.49. The SMILES string of the molecule is COc1cccc(CNC(=O)c2cc(F)c(F)cc2N)c1. The van der Waals surface area contributed by atoms with Crippen molar-refractivity contribution in [3.8, 4) is 5.75 Å². The lowest BCUT2D eigenvalue weighted by Gasteiger charge is -2.09. The zero-order valence-corrected chi connectivity index (χ0v) is 11.3. The lowest BCUT2D eigenvalue weighted by molar-refractivity contribution is 0.0951. The van der Waals surface area contributed by atoms with Crippen LogP contribution < -0.4 is 15.8 Å². The van der Waals surface area contributed by atoms with E-state index in [0.29, 0.717) is 5.75 Å². The molecule has 0 aliphatic carbocycles. The fraction of sp³-hybridized carbons (Fsp3) is 0.133. The summed E-state index contributed by atoms with van der Waals surface area (Å²) in [7, 11) is 1.54. The van der Waals surface area contributed by atoms with Crippen molar-refractivity contribution in [1.29, 1.82) is 0 Å². The smallest absolute Gasteiger partial charge is 0.253 e. The summed E-state index contributed by atoms with van der Waals surface area (Å²) in [6.45, 7) is 0.217. The molecule has 0 aliphatic rings. The number of anilines is 1. The molecule has 2 rings (SSSR count). The number of halogens is 2. The number of benzene rings is 2. The van der Waals surface area contributed by atoms with E-state index in [1.807, 2.05) is 0 Å². The van der Waals surface area contributed by atoms with Gasteiger partial charge in [-0.05, 0) is 23.8 Å². The Morgan fingerprint density at radius 3 is 2.67 bits per heavy atom. The first kappa shape index (κ1) is 14.8. The second kappa shape index (κ2) is 6.21. The Morgan fingerprint density at radius 1 is 1.24 bits per heavy atom. The largest absolute Gasteiger partial charge is 0.497 e. The van der Waals surface area contributed by atoms with Gasteiger partial charge in [-0.3, -0.25) is 4.79 Å². The van der Waals surface area contributed by atoms with Gasteiger partial charge in [0.2, 0.25) is 0 Å². The van der Waals surface area contributed by atoms with Crippen LogP contribution in [0.4, 0.5) is 14.5 Å². The summed E-state index contributed by atoms with van der Waals surface area (Å²) < 4.78 is 31.2. The van der Waals surface area contributed by atoms with E-state index in [-0.39, 0.29) is 17.8 Å². The number of nitrogen functional groups attached to an aromatic ring is 1. The molecule has 6 heteroatoms. The highest BCUT2D eigenvalue weighted by Crippen LogP contribution is 2.17. The van der Waals surface area contributed by atoms with Gasteiger partial charge < -0.3 is 15.8 Å². The van der Waals surface area contributed by atoms with Gasteiger partial charge in [0.25, 0.3) is 5.91 Å². The Labute approximate surface area is 120 Å². The van der Waals surface area contributed by atoms with Crippen molar-refractivity contribution < 1.29 is 18.3 Å². The second-order valence-corrected chi connectivity index (χ2v) is 4.39. The lowest BCUT2D eigenvalue weighted by Crippen LogP contribution is -2.24. The number of carbonyl (C=O) groups is 1. The van der Waals surface area contributed by atoms with E-state index in [9.17, 15) is 13.6 Å². The van der Waals surface area contributed by atoms with Crippen LogP contribution in [0, 0.1) is 11.6 Å². The summed E-state index contributed by atoms with van der Waals surface area (Å²) in [6.07, 6.45) is 0. The van der Waals surface area contributed by atoms with E-state index in [1.54, 1.807) is 31.4 Å². The number of carbonyl (C=O) groups excluding carboxylic acids is 1. The quantitative estimate of drug-likeness (QED) is 0.851. The van der Waals surface area contributed by atoms with Gasteiger partial charge in [0, 0.05) is 18.3 Å². The third-order valence-corrected chi connectivity index (χ3v) is 2.92. The van der Waals surface area contributed by atoms with E-state index < -0.39 is 17.5 Å². The van der Waals surface area contributed by atoms with Crippen LogP contribution in [0.15, 0.2) is 36.4 Å². The normalized spacial score (nSPS) is 10.2. The highest BCUT2D eigenvalue weighted by Gasteiger charge is 2.14. The zero-order valence-electron chi connectivity index (χ0n) is 11.3. The standard InChI is InChI=1S/C15H14F2N2O2/c1-21-10-4-2-3-9(5-10)8-19-15(20)11-6-12(16)13(17)7-14(11)18/h2-7H,8,18H2,1H3,(H,19,20). The van der Waals surface area contributed by atoms with Gasteiger partial charge in [0.05, 0.1) is 12.7 Å². The Kier molecular flexibility index (Phi) is 4.37. The molecular weight excluding hydrogens is 278 g/mol.